The minimum absolute atomic E-state index is 0.725. The molecule has 26 heavy (non-hydrogen) atoms. The van der Waals surface area contributed by atoms with Gasteiger partial charge in [0.2, 0.25) is 0 Å². The highest BCUT2D eigenvalue weighted by Gasteiger charge is 2.18. The van der Waals surface area contributed by atoms with Gasteiger partial charge in [-0.2, -0.15) is 5.10 Å². The number of thiophene rings is 1. The molecule has 0 radical (unpaired) electrons. The maximum Gasteiger partial charge on any atom is 0.146 e. The zero-order chi connectivity index (χ0) is 18.3. The maximum atomic E-state index is 4.91. The highest BCUT2D eigenvalue weighted by atomic mass is 32.1. The fourth-order valence-corrected chi connectivity index (χ4v) is 4.58. The van der Waals surface area contributed by atoms with Gasteiger partial charge in [0.1, 0.15) is 16.5 Å². The Labute approximate surface area is 158 Å². The third-order valence-electron chi connectivity index (χ3n) is 5.42. The Morgan fingerprint density at radius 1 is 1.15 bits per heavy atom. The zero-order valence-corrected chi connectivity index (χ0v) is 16.8. The molecule has 0 amide bonds. The van der Waals surface area contributed by atoms with Gasteiger partial charge in [-0.15, -0.1) is 11.3 Å². The van der Waals surface area contributed by atoms with Gasteiger partial charge in [0.05, 0.1) is 18.1 Å². The lowest BCUT2D eigenvalue weighted by molar-refractivity contribution is 0.323. The largest absolute Gasteiger partial charge is 0.365 e. The minimum Gasteiger partial charge on any atom is -0.365 e. The fourth-order valence-electron chi connectivity index (χ4n) is 3.53. The van der Waals surface area contributed by atoms with E-state index in [0.717, 1.165) is 42.7 Å². The standard InChI is InChI=1S/C19H26N6S/c1-12-14(3)26-19-17(12)18(20-9-15-10-21-24(4)13(15)2)22-16(23-19)11-25-7-5-6-8-25/h10H,5-9,11H2,1-4H3,(H,20,22,23). The molecule has 0 aliphatic carbocycles. The number of anilines is 1. The van der Waals surface area contributed by atoms with E-state index in [1.807, 2.05) is 17.9 Å². The summed E-state index contributed by atoms with van der Waals surface area (Å²) in [6.07, 6.45) is 4.49. The Hall–Kier alpha value is -1.99. The number of likely N-dealkylation sites (tertiary alicyclic amines) is 1. The van der Waals surface area contributed by atoms with Gasteiger partial charge < -0.3 is 5.32 Å². The van der Waals surface area contributed by atoms with E-state index in [0.29, 0.717) is 0 Å². The summed E-state index contributed by atoms with van der Waals surface area (Å²) in [6, 6.07) is 0. The molecular weight excluding hydrogens is 344 g/mol. The van der Waals surface area contributed by atoms with Gasteiger partial charge in [-0.3, -0.25) is 9.58 Å². The molecule has 3 aromatic heterocycles. The van der Waals surface area contributed by atoms with Crippen molar-refractivity contribution in [3.05, 3.63) is 33.7 Å². The first-order chi connectivity index (χ1) is 12.5. The molecule has 1 aliphatic heterocycles. The fraction of sp³-hybridized carbons (Fsp3) is 0.526. The number of aryl methyl sites for hydroxylation is 3. The van der Waals surface area contributed by atoms with Crippen LogP contribution in [-0.4, -0.2) is 37.7 Å². The number of hydrogen-bond acceptors (Lipinski definition) is 6. The van der Waals surface area contributed by atoms with Crippen molar-refractivity contribution in [1.82, 2.24) is 24.6 Å². The summed E-state index contributed by atoms with van der Waals surface area (Å²) >= 11 is 1.77. The van der Waals surface area contributed by atoms with Crippen LogP contribution in [0, 0.1) is 20.8 Å². The van der Waals surface area contributed by atoms with E-state index >= 15 is 0 Å². The van der Waals surface area contributed by atoms with Crippen LogP contribution in [0.2, 0.25) is 0 Å². The second-order valence-electron chi connectivity index (χ2n) is 7.17. The lowest BCUT2D eigenvalue weighted by Crippen LogP contribution is -2.20. The Morgan fingerprint density at radius 2 is 1.92 bits per heavy atom. The average molecular weight is 371 g/mol. The molecule has 0 saturated carbocycles. The monoisotopic (exact) mass is 370 g/mol. The summed E-state index contributed by atoms with van der Waals surface area (Å²) in [5.74, 6) is 1.88. The van der Waals surface area contributed by atoms with Crippen LogP contribution in [0.5, 0.6) is 0 Å². The third-order valence-corrected chi connectivity index (χ3v) is 6.52. The van der Waals surface area contributed by atoms with Crippen molar-refractivity contribution in [1.29, 1.82) is 0 Å². The Balaban J connectivity index is 1.66. The number of fused-ring (bicyclic) bond motifs is 1. The van der Waals surface area contributed by atoms with Crippen molar-refractivity contribution in [2.24, 2.45) is 7.05 Å². The molecule has 1 saturated heterocycles. The van der Waals surface area contributed by atoms with E-state index in [4.69, 9.17) is 9.97 Å². The van der Waals surface area contributed by atoms with E-state index in [1.165, 1.54) is 39.9 Å². The molecule has 0 atom stereocenters. The summed E-state index contributed by atoms with van der Waals surface area (Å²) in [5, 5.41) is 9.06. The Morgan fingerprint density at radius 3 is 2.62 bits per heavy atom. The molecule has 0 spiro atoms. The Kier molecular flexibility index (Phi) is 4.67. The van der Waals surface area contributed by atoms with E-state index in [1.54, 1.807) is 11.3 Å². The lowest BCUT2D eigenvalue weighted by atomic mass is 10.2. The predicted molar refractivity (Wildman–Crippen MR) is 107 cm³/mol. The first-order valence-electron chi connectivity index (χ1n) is 9.23. The second kappa shape index (κ2) is 6.96. The van der Waals surface area contributed by atoms with Crippen molar-refractivity contribution in [2.75, 3.05) is 18.4 Å². The summed E-state index contributed by atoms with van der Waals surface area (Å²) in [4.78, 5) is 14.6. The van der Waals surface area contributed by atoms with Crippen LogP contribution < -0.4 is 5.32 Å². The van der Waals surface area contributed by atoms with Crippen molar-refractivity contribution >= 4 is 27.4 Å². The quantitative estimate of drug-likeness (QED) is 0.744. The van der Waals surface area contributed by atoms with Crippen molar-refractivity contribution in [3.8, 4) is 0 Å². The minimum atomic E-state index is 0.725. The van der Waals surface area contributed by atoms with Crippen LogP contribution in [0.25, 0.3) is 10.2 Å². The molecule has 6 nitrogen and oxygen atoms in total. The van der Waals surface area contributed by atoms with Crippen LogP contribution in [-0.2, 0) is 20.1 Å². The predicted octanol–water partition coefficient (Wildman–Crippen LogP) is 3.56. The molecule has 0 aromatic carbocycles. The number of nitrogens with one attached hydrogen (secondary N) is 1. The van der Waals surface area contributed by atoms with Gasteiger partial charge in [-0.1, -0.05) is 0 Å². The topological polar surface area (TPSA) is 58.9 Å². The lowest BCUT2D eigenvalue weighted by Gasteiger charge is -2.15. The summed E-state index contributed by atoms with van der Waals surface area (Å²) in [6.45, 7) is 10.3. The van der Waals surface area contributed by atoms with Gasteiger partial charge in [0, 0.05) is 29.7 Å². The van der Waals surface area contributed by atoms with E-state index in [-0.39, 0.29) is 0 Å². The number of nitrogens with zero attached hydrogens (tertiary/aromatic N) is 5. The first-order valence-corrected chi connectivity index (χ1v) is 10.0. The molecule has 1 N–H and O–H groups in total. The third kappa shape index (κ3) is 3.21. The van der Waals surface area contributed by atoms with Gasteiger partial charge in [0.25, 0.3) is 0 Å². The van der Waals surface area contributed by atoms with Crippen LogP contribution in [0.15, 0.2) is 6.20 Å². The molecular formula is C19H26N6S. The van der Waals surface area contributed by atoms with Crippen LogP contribution in [0.3, 0.4) is 0 Å². The van der Waals surface area contributed by atoms with Crippen LogP contribution in [0.4, 0.5) is 5.82 Å². The molecule has 4 heterocycles. The van der Waals surface area contributed by atoms with E-state index in [2.05, 4.69) is 36.1 Å². The Bertz CT molecular complexity index is 935. The van der Waals surface area contributed by atoms with Gasteiger partial charge in [-0.25, -0.2) is 9.97 Å². The molecule has 0 unspecified atom stereocenters. The molecule has 1 fully saturated rings. The first kappa shape index (κ1) is 17.4. The summed E-state index contributed by atoms with van der Waals surface area (Å²) in [5.41, 5.74) is 3.66. The normalized spacial score (nSPS) is 15.2. The van der Waals surface area contributed by atoms with Crippen molar-refractivity contribution < 1.29 is 0 Å². The summed E-state index contributed by atoms with van der Waals surface area (Å²) < 4.78 is 1.91. The maximum absolute atomic E-state index is 4.91. The highest BCUT2D eigenvalue weighted by Crippen LogP contribution is 2.33. The number of rotatable bonds is 5. The molecule has 3 aromatic rings. The van der Waals surface area contributed by atoms with Gasteiger partial charge in [-0.05, 0) is 52.3 Å². The number of hydrogen-bond donors (Lipinski definition) is 1. The summed E-state index contributed by atoms with van der Waals surface area (Å²) in [7, 11) is 1.97. The average Bonchev–Trinajstić information content (AvgIpc) is 3.30. The molecule has 1 aliphatic rings. The number of aromatic nitrogens is 4. The zero-order valence-electron chi connectivity index (χ0n) is 16.0. The molecule has 138 valence electrons. The second-order valence-corrected chi connectivity index (χ2v) is 8.37. The molecule has 7 heteroatoms. The van der Waals surface area contributed by atoms with E-state index < -0.39 is 0 Å². The van der Waals surface area contributed by atoms with Crippen molar-refractivity contribution in [3.63, 3.8) is 0 Å². The van der Waals surface area contributed by atoms with Crippen LogP contribution in [0.1, 0.15) is 40.4 Å². The van der Waals surface area contributed by atoms with Gasteiger partial charge in [0.15, 0.2) is 0 Å². The smallest absolute Gasteiger partial charge is 0.146 e. The van der Waals surface area contributed by atoms with Crippen molar-refractivity contribution in [2.45, 2.75) is 46.7 Å². The molecule has 4 rings (SSSR count). The molecule has 0 bridgehead atoms. The van der Waals surface area contributed by atoms with E-state index in [9.17, 15) is 0 Å². The SMILES string of the molecule is Cc1sc2nc(CN3CCCC3)nc(NCc3cnn(C)c3C)c2c1C. The van der Waals surface area contributed by atoms with Crippen LogP contribution >= 0.6 is 11.3 Å². The highest BCUT2D eigenvalue weighted by molar-refractivity contribution is 7.18. The van der Waals surface area contributed by atoms with Gasteiger partial charge >= 0.3 is 0 Å².